The Kier molecular flexibility index (Phi) is 45.6. The number of nitrogen functional groups attached to an aromatic ring is 1. The molecule has 4 aliphatic carbocycles. The highest BCUT2D eigenvalue weighted by Gasteiger charge is 2.34. The summed E-state index contributed by atoms with van der Waals surface area (Å²) < 4.78 is 82.6. The number of benzene rings is 4. The number of ether oxygens (including phenoxy) is 8. The third kappa shape index (κ3) is 32.2. The fraction of sp³-hybridized carbons (Fsp3) is 0.532. The van der Waals surface area contributed by atoms with E-state index in [1.54, 1.807) is 19.1 Å². The molecule has 6 unspecified atom stereocenters. The molecule has 4 heterocycles. The Morgan fingerprint density at radius 1 is 0.484 bits per heavy atom. The van der Waals surface area contributed by atoms with Crippen LogP contribution in [0.4, 0.5) is 24.1 Å². The number of nitrogens with two attached hydrogens (primary N) is 1. The van der Waals surface area contributed by atoms with Crippen LogP contribution in [0.5, 0.6) is 5.75 Å². The molecule has 2 aliphatic heterocycles. The van der Waals surface area contributed by atoms with Crippen molar-refractivity contribution < 1.29 is 100 Å². The minimum absolute atomic E-state index is 0.0000380. The van der Waals surface area contributed by atoms with Crippen LogP contribution in [0.1, 0.15) is 190 Å². The van der Waals surface area contributed by atoms with E-state index < -0.39 is 28.6 Å². The molecule has 0 spiro atoms. The van der Waals surface area contributed by atoms with Crippen molar-refractivity contribution in [2.75, 3.05) is 111 Å². The van der Waals surface area contributed by atoms with E-state index in [1.807, 2.05) is 49.4 Å². The number of allylic oxidation sites excluding steroid dienone is 6. The SMILES string of the molecule is CC1=C2CCCC(OC(=O)CCCOCCO)CCC2C(c2cccc(-c3c(C)c4cc(F)c(O)c(F)c4oc3=O)c2)=NC1.CC1=C2CCCC(OC(=O)CCCOCCO)CCC2C(c2cccc(-c3c(C)c4ccc(N)cc4oc3=O)c2)=NC1.N#N.N#N.O=C(NCCOCCO)OC1CC/C=C/CCC1.O=C(NCCOCCO)OC1CC/C=C/CCC1. The first kappa shape index (κ1) is 102. The van der Waals surface area contributed by atoms with Crippen molar-refractivity contribution in [2.24, 2.45) is 21.8 Å². The average Bonchev–Trinajstić information content (AvgIpc) is 0.759. The van der Waals surface area contributed by atoms with Crippen molar-refractivity contribution in [1.29, 1.82) is 21.6 Å². The third-order valence-corrected chi connectivity index (χ3v) is 22.4. The van der Waals surface area contributed by atoms with Crippen molar-refractivity contribution in [1.82, 2.24) is 10.6 Å². The van der Waals surface area contributed by atoms with Crippen LogP contribution in [0.25, 0.3) is 44.2 Å². The summed E-state index contributed by atoms with van der Waals surface area (Å²) in [6, 6.07) is 21.7. The first-order valence-electron chi connectivity index (χ1n) is 43.6. The highest BCUT2D eigenvalue weighted by molar-refractivity contribution is 6.06. The number of aliphatic imine (C=N–C) groups is 2. The fourth-order valence-electron chi connectivity index (χ4n) is 16.2. The number of rotatable bonds is 30. The molecular weight excluding hydrogens is 1630 g/mol. The quantitative estimate of drug-likeness (QED) is 0.00395. The van der Waals surface area contributed by atoms with Crippen molar-refractivity contribution >= 4 is 63.2 Å². The van der Waals surface area contributed by atoms with Crippen molar-refractivity contribution in [3.63, 3.8) is 0 Å². The first-order valence-corrected chi connectivity index (χ1v) is 43.6. The number of aliphatic hydroxyl groups excluding tert-OH is 4. The maximum absolute atomic E-state index is 14.5. The molecule has 0 bridgehead atoms. The van der Waals surface area contributed by atoms with Gasteiger partial charge >= 0.3 is 35.4 Å². The monoisotopic (exact) mass is 1750 g/mol. The Balaban J connectivity index is 0.000000245. The molecule has 2 aromatic heterocycles. The van der Waals surface area contributed by atoms with Gasteiger partial charge in [-0.2, -0.15) is 4.39 Å². The van der Waals surface area contributed by atoms with Gasteiger partial charge in [0.05, 0.1) is 90.3 Å². The van der Waals surface area contributed by atoms with Crippen LogP contribution in [0.2, 0.25) is 0 Å². The van der Waals surface area contributed by atoms with E-state index in [0.717, 1.165) is 167 Å². The summed E-state index contributed by atoms with van der Waals surface area (Å²) >= 11 is 0. The van der Waals surface area contributed by atoms with Gasteiger partial charge in [0, 0.05) is 107 Å². The lowest BCUT2D eigenvalue weighted by molar-refractivity contribution is -0.151. The maximum Gasteiger partial charge on any atom is 0.407 e. The number of anilines is 1. The molecule has 6 aromatic rings. The number of halogens is 2. The molecule has 30 nitrogen and oxygen atoms in total. The van der Waals surface area contributed by atoms with Gasteiger partial charge in [0.1, 0.15) is 30.0 Å². The summed E-state index contributed by atoms with van der Waals surface area (Å²) in [7, 11) is 0. The number of dihydropyridines is 2. The molecule has 2 amide bonds. The van der Waals surface area contributed by atoms with E-state index in [-0.39, 0.29) is 123 Å². The van der Waals surface area contributed by atoms with Crippen molar-refractivity contribution in [2.45, 2.75) is 206 Å². The molecule has 6 aliphatic rings. The zero-order valence-electron chi connectivity index (χ0n) is 72.8. The van der Waals surface area contributed by atoms with Gasteiger partial charge < -0.3 is 88.6 Å². The number of esters is 2. The number of hydrogen-bond donors (Lipinski definition) is 8. The molecule has 2 saturated carbocycles. The van der Waals surface area contributed by atoms with Crippen molar-refractivity contribution in [3.8, 4) is 28.0 Å². The molecule has 12 rings (SSSR count). The lowest BCUT2D eigenvalue weighted by Crippen LogP contribution is -2.31. The molecule has 4 aromatic carbocycles. The van der Waals surface area contributed by atoms with E-state index in [9.17, 15) is 42.7 Å². The minimum Gasteiger partial charge on any atom is -0.503 e. The molecule has 0 radical (unpaired) electrons. The molecule has 32 heteroatoms. The Morgan fingerprint density at radius 2 is 0.897 bits per heavy atom. The van der Waals surface area contributed by atoms with Gasteiger partial charge in [-0.05, 0) is 233 Å². The minimum atomic E-state index is -1.31. The summed E-state index contributed by atoms with van der Waals surface area (Å²) in [5.41, 5.74) is 17.6. The zero-order chi connectivity index (χ0) is 91.1. The highest BCUT2D eigenvalue weighted by Crippen LogP contribution is 2.41. The van der Waals surface area contributed by atoms with Crippen LogP contribution in [-0.4, -0.2) is 191 Å². The lowest BCUT2D eigenvalue weighted by atomic mass is 9.77. The average molecular weight is 1750 g/mol. The van der Waals surface area contributed by atoms with Gasteiger partial charge in [0.25, 0.3) is 0 Å². The van der Waals surface area contributed by atoms with Crippen molar-refractivity contribution in [3.05, 3.63) is 174 Å². The second kappa shape index (κ2) is 56.2. The van der Waals surface area contributed by atoms with Gasteiger partial charge in [-0.15, -0.1) is 0 Å². The number of aliphatic hydroxyl groups is 4. The summed E-state index contributed by atoms with van der Waals surface area (Å²) in [6.07, 6.45) is 27.5. The second-order valence-corrected chi connectivity index (χ2v) is 31.3. The predicted octanol–water partition coefficient (Wildman–Crippen LogP) is 15.2. The van der Waals surface area contributed by atoms with E-state index in [4.69, 9.17) is 104 Å². The summed E-state index contributed by atoms with van der Waals surface area (Å²) in [4.78, 5) is 84.1. The number of alkyl carbamates (subject to hydrolysis) is 2. The standard InChI is InChI=1S/C34H37F2NO7.C34H40N2O6.2C13H23NO4.2N2/c1-19-18-37-31(25-12-11-23(8-4-9-24(19)25)43-28(39)10-5-14-42-15-13-38)22-7-3-6-21(16-22)29-20(2)26-17-27(35)32(40)30(36)33(26)44-34(29)41;1-21-20-36-33(29-14-12-26(8-4-9-27(21)29)41-31(38)10-5-16-40-17-15-37)24-7-3-6-23(18-24)32-22(2)28-13-11-25(35)19-30(28)42-34(32)39;2*15-9-11-17-10-8-14-13(16)18-12-6-4-2-1-3-5-7-12;2*1-2/h3,6-7,16-17,23,25,38,40H,4-5,8-15,18H2,1-2H3;3,6-7,11,13,18-19,26,29,37H,4-5,8-10,12,14-17,20,35H2,1-2H3;2*1-2,12,15H,3-11H2,(H,14,16);;/b;;2*2-1+;;. The number of phenolic OH excluding ortho intramolecular Hbond substituents is 1. The first-order chi connectivity index (χ1) is 61.2. The van der Waals surface area contributed by atoms with Crippen LogP contribution >= 0.6 is 0 Å². The van der Waals surface area contributed by atoms with Gasteiger partial charge in [-0.25, -0.2) is 23.6 Å². The summed E-state index contributed by atoms with van der Waals surface area (Å²) in [5.74, 6) is -3.93. The van der Waals surface area contributed by atoms with Gasteiger partial charge in [-0.3, -0.25) is 19.6 Å². The molecular formula is C94H123F2N9O21. The van der Waals surface area contributed by atoms with Crippen LogP contribution < -0.4 is 27.6 Å². The van der Waals surface area contributed by atoms with E-state index in [1.165, 1.54) is 22.3 Å². The predicted molar refractivity (Wildman–Crippen MR) is 470 cm³/mol. The van der Waals surface area contributed by atoms with Crippen LogP contribution in [-0.2, 0) is 47.5 Å². The topological polar surface area (TPSA) is 474 Å². The lowest BCUT2D eigenvalue weighted by Gasteiger charge is -2.32. The normalized spacial score (nSPS) is 19.2. The number of carbonyl (C=O) groups is 4. The zero-order valence-corrected chi connectivity index (χ0v) is 72.8. The number of nitrogens with zero attached hydrogens (tertiary/aromatic N) is 6. The Hall–Kier alpha value is -10.9. The Labute approximate surface area is 733 Å². The molecule has 126 heavy (non-hydrogen) atoms. The number of fused-ring (bicyclic) bond motifs is 4. The summed E-state index contributed by atoms with van der Waals surface area (Å²) in [5, 5.41) is 74.5. The summed E-state index contributed by atoms with van der Waals surface area (Å²) in [6.45, 7) is 12.5. The van der Waals surface area contributed by atoms with E-state index >= 15 is 0 Å². The molecule has 684 valence electrons. The number of phenols is 1. The second-order valence-electron chi connectivity index (χ2n) is 31.3. The largest absolute Gasteiger partial charge is 0.503 e. The number of nitrogens with one attached hydrogen (secondary N) is 2. The number of aromatic hydroxyl groups is 1. The van der Waals surface area contributed by atoms with E-state index in [2.05, 4.69) is 60.9 Å². The van der Waals surface area contributed by atoms with Crippen LogP contribution in [0.15, 0.2) is 148 Å². The third-order valence-electron chi connectivity index (χ3n) is 22.4. The van der Waals surface area contributed by atoms with Crippen LogP contribution in [0, 0.1) is 58.9 Å². The number of aryl methyl sites for hydroxylation is 2. The highest BCUT2D eigenvalue weighted by atomic mass is 19.1. The number of carbonyl (C=O) groups excluding carboxylic acids is 4. The fourth-order valence-corrected chi connectivity index (χ4v) is 16.2. The van der Waals surface area contributed by atoms with Gasteiger partial charge in [0.15, 0.2) is 17.1 Å². The number of hydrogen-bond acceptors (Lipinski definition) is 28. The molecule has 2 fully saturated rings. The van der Waals surface area contributed by atoms with Gasteiger partial charge in [-0.1, -0.05) is 83.0 Å². The Bertz CT molecular complexity index is 4810. The number of amides is 2. The smallest absolute Gasteiger partial charge is 0.407 e. The molecule has 9 N–H and O–H groups in total. The molecule has 6 atom stereocenters. The van der Waals surface area contributed by atoms with Crippen LogP contribution in [0.3, 0.4) is 0 Å². The molecule has 0 saturated heterocycles. The van der Waals surface area contributed by atoms with E-state index in [0.29, 0.717) is 119 Å². The maximum atomic E-state index is 14.5. The Morgan fingerprint density at radius 3 is 1.36 bits per heavy atom. The van der Waals surface area contributed by atoms with Gasteiger partial charge in [0.2, 0.25) is 5.82 Å².